The zero-order chi connectivity index (χ0) is 19.1. The van der Waals surface area contributed by atoms with E-state index in [2.05, 4.69) is 5.32 Å². The van der Waals surface area contributed by atoms with Crippen LogP contribution in [0.3, 0.4) is 0 Å². The van der Waals surface area contributed by atoms with Crippen LogP contribution in [-0.4, -0.2) is 24.9 Å². The highest BCUT2D eigenvalue weighted by molar-refractivity contribution is 14.1. The molecule has 2 atom stereocenters. The molecule has 2 unspecified atom stereocenters. The Kier molecular flexibility index (Phi) is 5.26. The molecule has 0 radical (unpaired) electrons. The highest BCUT2D eigenvalue weighted by Crippen LogP contribution is 2.59. The first-order chi connectivity index (χ1) is 12.2. The Morgan fingerprint density at radius 3 is 2.58 bits per heavy atom. The van der Waals surface area contributed by atoms with Crippen LogP contribution in [0.15, 0.2) is 36.4 Å². The number of rotatable bonds is 6. The van der Waals surface area contributed by atoms with Gasteiger partial charge in [-0.15, -0.1) is 0 Å². The van der Waals surface area contributed by atoms with Crippen molar-refractivity contribution < 1.29 is 22.3 Å². The topological polar surface area (TPSA) is 92.4 Å². The normalized spacial score (nSPS) is 22.3. The summed E-state index contributed by atoms with van der Waals surface area (Å²) in [7, 11) is -3.92. The summed E-state index contributed by atoms with van der Waals surface area (Å²) in [5.41, 5.74) is 0.951. The van der Waals surface area contributed by atoms with Crippen molar-refractivity contribution in [1.82, 2.24) is 0 Å². The monoisotopic (exact) mass is 494 g/mol. The van der Waals surface area contributed by atoms with Crippen LogP contribution in [0.4, 0.5) is 20.2 Å². The number of nitrogens with two attached hydrogens (primary N) is 1. The summed E-state index contributed by atoms with van der Waals surface area (Å²) < 4.78 is 51.4. The minimum Gasteiger partial charge on any atom is -0.396 e. The number of aliphatic hydroxyl groups excluding tert-OH is 1. The van der Waals surface area contributed by atoms with Crippen molar-refractivity contribution in [3.05, 3.63) is 57.2 Å². The fourth-order valence-corrected chi connectivity index (χ4v) is 5.03. The predicted octanol–water partition coefficient (Wildman–Crippen LogP) is 3.21. The molecule has 1 fully saturated rings. The predicted molar refractivity (Wildman–Crippen MR) is 104 cm³/mol. The average molecular weight is 494 g/mol. The molecular formula is C17H17F2IN2O3S. The maximum absolute atomic E-state index is 14.1. The molecular weight excluding hydrogens is 477 g/mol. The number of hydrogen-bond acceptors (Lipinski definition) is 4. The van der Waals surface area contributed by atoms with Gasteiger partial charge in [-0.25, -0.2) is 22.3 Å². The van der Waals surface area contributed by atoms with Crippen LogP contribution in [0.2, 0.25) is 0 Å². The van der Waals surface area contributed by atoms with E-state index in [1.807, 2.05) is 22.6 Å². The summed E-state index contributed by atoms with van der Waals surface area (Å²) >= 11 is 1.98. The molecule has 0 aromatic heterocycles. The third kappa shape index (κ3) is 3.57. The van der Waals surface area contributed by atoms with Crippen LogP contribution in [0.25, 0.3) is 0 Å². The Morgan fingerprint density at radius 2 is 1.96 bits per heavy atom. The van der Waals surface area contributed by atoms with E-state index in [9.17, 15) is 22.3 Å². The lowest BCUT2D eigenvalue weighted by atomic mass is 10.0. The highest BCUT2D eigenvalue weighted by Gasteiger charge is 2.63. The second kappa shape index (κ2) is 7.02. The molecule has 9 heteroatoms. The highest BCUT2D eigenvalue weighted by atomic mass is 127. The molecule has 1 aliphatic carbocycles. The molecule has 1 aliphatic rings. The van der Waals surface area contributed by atoms with Gasteiger partial charge in [0.1, 0.15) is 11.6 Å². The molecule has 0 amide bonds. The minimum absolute atomic E-state index is 0.00872. The number of halogens is 3. The Balaban J connectivity index is 2.00. The van der Waals surface area contributed by atoms with Gasteiger partial charge in [-0.3, -0.25) is 0 Å². The minimum atomic E-state index is -3.92. The number of sulfonamides is 1. The van der Waals surface area contributed by atoms with E-state index >= 15 is 0 Å². The molecule has 0 aliphatic heterocycles. The number of primary sulfonamides is 1. The molecule has 5 nitrogen and oxygen atoms in total. The van der Waals surface area contributed by atoms with Crippen molar-refractivity contribution >= 4 is 44.0 Å². The largest absolute Gasteiger partial charge is 0.396 e. The number of nitrogens with one attached hydrogen (secondary N) is 1. The molecule has 0 heterocycles. The first-order valence-electron chi connectivity index (χ1n) is 7.83. The van der Waals surface area contributed by atoms with Crippen LogP contribution in [0.1, 0.15) is 24.3 Å². The van der Waals surface area contributed by atoms with Crippen molar-refractivity contribution in [3.63, 3.8) is 0 Å². The fourth-order valence-electron chi connectivity index (χ4n) is 3.28. The van der Waals surface area contributed by atoms with E-state index in [1.165, 1.54) is 30.3 Å². The number of hydrogen-bond donors (Lipinski definition) is 3. The van der Waals surface area contributed by atoms with E-state index in [-0.39, 0.29) is 30.8 Å². The molecule has 26 heavy (non-hydrogen) atoms. The van der Waals surface area contributed by atoms with Crippen molar-refractivity contribution in [2.24, 2.45) is 5.14 Å². The van der Waals surface area contributed by atoms with Gasteiger partial charge in [0.05, 0.1) is 10.4 Å². The van der Waals surface area contributed by atoms with Gasteiger partial charge in [0.2, 0.25) is 10.0 Å². The second-order valence-electron chi connectivity index (χ2n) is 6.32. The van der Waals surface area contributed by atoms with E-state index in [4.69, 9.17) is 5.14 Å². The van der Waals surface area contributed by atoms with Crippen LogP contribution < -0.4 is 10.5 Å². The molecule has 1 saturated carbocycles. The summed E-state index contributed by atoms with van der Waals surface area (Å²) in [6.07, 6.45) is 0.215. The number of benzene rings is 2. The van der Waals surface area contributed by atoms with E-state index in [0.717, 1.165) is 0 Å². The van der Waals surface area contributed by atoms with Gasteiger partial charge in [-0.1, -0.05) is 6.07 Å². The molecule has 3 rings (SSSR count). The third-order valence-electron chi connectivity index (χ3n) is 4.72. The van der Waals surface area contributed by atoms with Crippen LogP contribution >= 0.6 is 22.6 Å². The zero-order valence-electron chi connectivity index (χ0n) is 13.5. The molecule has 0 spiro atoms. The van der Waals surface area contributed by atoms with Gasteiger partial charge in [-0.05, 0) is 71.3 Å². The lowest BCUT2D eigenvalue weighted by Gasteiger charge is -2.17. The second-order valence-corrected chi connectivity index (χ2v) is 9.47. The molecule has 140 valence electrons. The lowest BCUT2D eigenvalue weighted by Crippen LogP contribution is -2.33. The van der Waals surface area contributed by atoms with Gasteiger partial charge >= 0.3 is 0 Å². The first-order valence-corrected chi connectivity index (χ1v) is 10.5. The van der Waals surface area contributed by atoms with Crippen LogP contribution in [0, 0.1) is 15.2 Å². The standard InChI is InChI=1S/C17H17F2IN2O3S/c18-10-1-3-12(13-9-17(13,5-6-23)26(21,24)25)16(7-10)22-15-4-2-11(20)8-14(15)19/h1-4,7-8,13,22-23H,5-6,9H2,(H2,21,24,25). The summed E-state index contributed by atoms with van der Waals surface area (Å²) in [4.78, 5) is 0. The van der Waals surface area contributed by atoms with E-state index in [1.54, 1.807) is 6.07 Å². The molecule has 0 bridgehead atoms. The van der Waals surface area contributed by atoms with Crippen molar-refractivity contribution in [3.8, 4) is 0 Å². The quantitative estimate of drug-likeness (QED) is 0.538. The summed E-state index contributed by atoms with van der Waals surface area (Å²) in [5, 5.41) is 17.4. The van der Waals surface area contributed by atoms with Crippen LogP contribution in [-0.2, 0) is 10.0 Å². The smallest absolute Gasteiger partial charge is 0.215 e. The lowest BCUT2D eigenvalue weighted by molar-refractivity contribution is 0.281. The SMILES string of the molecule is NS(=O)(=O)C1(CCO)CC1c1ccc(F)cc1Nc1ccc(I)cc1F. The van der Waals surface area contributed by atoms with Crippen LogP contribution in [0.5, 0.6) is 0 Å². The van der Waals surface area contributed by atoms with Gasteiger partial charge in [0.25, 0.3) is 0 Å². The van der Waals surface area contributed by atoms with E-state index in [0.29, 0.717) is 9.13 Å². The maximum Gasteiger partial charge on any atom is 0.215 e. The summed E-state index contributed by atoms with van der Waals surface area (Å²) in [5.74, 6) is -1.54. The molecule has 2 aromatic carbocycles. The molecule has 0 saturated heterocycles. The van der Waals surface area contributed by atoms with Gasteiger partial charge in [0, 0.05) is 21.8 Å². The van der Waals surface area contributed by atoms with Gasteiger partial charge in [-0.2, -0.15) is 0 Å². The van der Waals surface area contributed by atoms with Crippen molar-refractivity contribution in [2.75, 3.05) is 11.9 Å². The molecule has 2 aromatic rings. The van der Waals surface area contributed by atoms with Gasteiger partial charge < -0.3 is 10.4 Å². The summed E-state index contributed by atoms with van der Waals surface area (Å²) in [6.45, 7) is -0.331. The fraction of sp³-hybridized carbons (Fsp3) is 0.294. The number of aliphatic hydroxyl groups is 1. The van der Waals surface area contributed by atoms with Crippen molar-refractivity contribution in [2.45, 2.75) is 23.5 Å². The van der Waals surface area contributed by atoms with Gasteiger partial charge in [0.15, 0.2) is 0 Å². The summed E-state index contributed by atoms with van der Waals surface area (Å²) in [6, 6.07) is 8.44. The Bertz CT molecular complexity index is 955. The number of anilines is 2. The van der Waals surface area contributed by atoms with Crippen molar-refractivity contribution in [1.29, 1.82) is 0 Å². The Labute approximate surface area is 163 Å². The maximum atomic E-state index is 14.1. The average Bonchev–Trinajstić information content (AvgIpc) is 3.26. The Morgan fingerprint density at radius 1 is 1.23 bits per heavy atom. The molecule has 4 N–H and O–H groups in total. The third-order valence-corrected chi connectivity index (χ3v) is 7.18. The Hall–Kier alpha value is -1.30. The van der Waals surface area contributed by atoms with E-state index < -0.39 is 32.3 Å². The zero-order valence-corrected chi connectivity index (χ0v) is 16.5. The first kappa shape index (κ1) is 19.5.